The van der Waals surface area contributed by atoms with E-state index in [-0.39, 0.29) is 30.3 Å². The summed E-state index contributed by atoms with van der Waals surface area (Å²) in [5.74, 6) is -0.424. The molecule has 164 valence electrons. The zero-order valence-corrected chi connectivity index (χ0v) is 18.6. The van der Waals surface area contributed by atoms with E-state index in [1.807, 2.05) is 35.6 Å². The third-order valence-corrected chi connectivity index (χ3v) is 5.50. The first-order valence-electron chi connectivity index (χ1n) is 10.5. The Kier molecular flexibility index (Phi) is 8.14. The number of hydrogen-bond acceptors (Lipinski definition) is 4. The van der Waals surface area contributed by atoms with Crippen molar-refractivity contribution in [1.29, 1.82) is 0 Å². The number of quaternary nitrogens is 2. The van der Waals surface area contributed by atoms with Gasteiger partial charge >= 0.3 is 5.69 Å². The molecule has 1 aromatic heterocycles. The third-order valence-electron chi connectivity index (χ3n) is 5.50. The summed E-state index contributed by atoms with van der Waals surface area (Å²) in [5, 5.41) is 1.90. The summed E-state index contributed by atoms with van der Waals surface area (Å²) >= 11 is 0. The predicted octanol–water partition coefficient (Wildman–Crippen LogP) is -1.37. The van der Waals surface area contributed by atoms with Crippen molar-refractivity contribution in [3.63, 3.8) is 0 Å². The van der Waals surface area contributed by atoms with E-state index in [0.29, 0.717) is 12.1 Å². The number of anilines is 1. The molecule has 2 rings (SSSR count). The lowest BCUT2D eigenvalue weighted by atomic mass is 10.1. The quantitative estimate of drug-likeness (QED) is 0.327. The van der Waals surface area contributed by atoms with Crippen LogP contribution in [0.5, 0.6) is 0 Å². The van der Waals surface area contributed by atoms with Crippen molar-refractivity contribution in [1.82, 2.24) is 9.13 Å². The Hall–Kier alpha value is -2.71. The second-order valence-corrected chi connectivity index (χ2v) is 8.32. The first-order chi connectivity index (χ1) is 14.1. The van der Waals surface area contributed by atoms with Crippen molar-refractivity contribution in [2.24, 2.45) is 7.05 Å². The molecule has 0 aliphatic heterocycles. The van der Waals surface area contributed by atoms with Crippen LogP contribution in [0.1, 0.15) is 43.6 Å². The topological polar surface area (TPSA) is 108 Å². The molecule has 0 unspecified atom stereocenters. The number of carbonyl (C=O) groups is 1. The third kappa shape index (κ3) is 5.46. The van der Waals surface area contributed by atoms with Crippen LogP contribution < -0.4 is 27.2 Å². The van der Waals surface area contributed by atoms with Crippen molar-refractivity contribution >= 4 is 11.6 Å². The monoisotopic (exact) mass is 417 g/mol. The molecule has 0 saturated carbocycles. The normalized spacial score (nSPS) is 11.6. The van der Waals surface area contributed by atoms with Gasteiger partial charge in [-0.3, -0.25) is 18.7 Å². The van der Waals surface area contributed by atoms with Crippen LogP contribution >= 0.6 is 0 Å². The molecule has 0 fully saturated rings. The fourth-order valence-corrected chi connectivity index (χ4v) is 3.81. The van der Waals surface area contributed by atoms with Crippen molar-refractivity contribution in [2.45, 2.75) is 46.3 Å². The smallest absolute Gasteiger partial charge is 0.332 e. The zero-order chi connectivity index (χ0) is 22.4. The van der Waals surface area contributed by atoms with Gasteiger partial charge < -0.3 is 16.0 Å². The van der Waals surface area contributed by atoms with Gasteiger partial charge in [-0.15, -0.1) is 0 Å². The van der Waals surface area contributed by atoms with Crippen LogP contribution in [0.4, 0.5) is 5.82 Å². The maximum Gasteiger partial charge on any atom is 0.332 e. The Balaban J connectivity index is 2.19. The lowest BCUT2D eigenvalue weighted by Gasteiger charge is -2.26. The SMILES string of the molecule is CC(C)[NH+](CC[NH2+]CC(=O)c1c(N)n(Cc2ccccc2)c(=O)n(C)c1=O)C(C)C. The summed E-state index contributed by atoms with van der Waals surface area (Å²) in [6.45, 7) is 10.7. The molecule has 0 aliphatic carbocycles. The van der Waals surface area contributed by atoms with E-state index in [2.05, 4.69) is 27.7 Å². The Morgan fingerprint density at radius 1 is 1.10 bits per heavy atom. The summed E-state index contributed by atoms with van der Waals surface area (Å²) in [6.07, 6.45) is 0. The number of benzene rings is 1. The molecule has 8 nitrogen and oxygen atoms in total. The Labute approximate surface area is 177 Å². The first-order valence-corrected chi connectivity index (χ1v) is 10.5. The minimum absolute atomic E-state index is 0.0676. The average molecular weight is 418 g/mol. The molecular weight excluding hydrogens is 382 g/mol. The van der Waals surface area contributed by atoms with Gasteiger partial charge in [-0.25, -0.2) is 4.79 Å². The minimum Gasteiger partial charge on any atom is -0.384 e. The van der Waals surface area contributed by atoms with Gasteiger partial charge in [0.25, 0.3) is 5.56 Å². The summed E-state index contributed by atoms with van der Waals surface area (Å²) in [4.78, 5) is 39.5. The molecule has 1 heterocycles. The van der Waals surface area contributed by atoms with E-state index < -0.39 is 11.2 Å². The van der Waals surface area contributed by atoms with Gasteiger partial charge in [-0.05, 0) is 33.3 Å². The standard InChI is InChI=1S/C22H33N5O3/c1-15(2)26(16(3)4)12-11-24-13-18(28)19-20(23)27(22(30)25(5)21(19)29)14-17-9-7-6-8-10-17/h6-10,15-16,24H,11-14,23H2,1-5H3/p+2. The van der Waals surface area contributed by atoms with E-state index in [0.717, 1.165) is 23.2 Å². The van der Waals surface area contributed by atoms with Crippen LogP contribution in [0.15, 0.2) is 39.9 Å². The Bertz CT molecular complexity index is 969. The van der Waals surface area contributed by atoms with Gasteiger partial charge in [-0.1, -0.05) is 30.3 Å². The zero-order valence-electron chi connectivity index (χ0n) is 18.6. The van der Waals surface area contributed by atoms with Gasteiger partial charge in [-0.2, -0.15) is 0 Å². The van der Waals surface area contributed by atoms with Crippen LogP contribution in [0.25, 0.3) is 0 Å². The minimum atomic E-state index is -0.642. The van der Waals surface area contributed by atoms with Gasteiger partial charge in [0.1, 0.15) is 31.0 Å². The fraction of sp³-hybridized carbons (Fsp3) is 0.500. The predicted molar refractivity (Wildman–Crippen MR) is 118 cm³/mol. The number of nitrogens with two attached hydrogens (primary N) is 2. The first kappa shape index (κ1) is 23.6. The highest BCUT2D eigenvalue weighted by Gasteiger charge is 2.23. The second kappa shape index (κ2) is 10.4. The van der Waals surface area contributed by atoms with Gasteiger partial charge in [0.2, 0.25) is 5.78 Å². The highest BCUT2D eigenvalue weighted by molar-refractivity contribution is 6.00. The van der Waals surface area contributed by atoms with E-state index in [1.54, 1.807) is 0 Å². The molecule has 0 aliphatic rings. The summed E-state index contributed by atoms with van der Waals surface area (Å²) in [5.41, 5.74) is 5.72. The molecule has 1 aromatic carbocycles. The highest BCUT2D eigenvalue weighted by atomic mass is 16.2. The molecule has 2 aromatic rings. The lowest BCUT2D eigenvalue weighted by molar-refractivity contribution is -0.951. The number of nitrogens with one attached hydrogen (secondary N) is 1. The van der Waals surface area contributed by atoms with E-state index in [9.17, 15) is 14.4 Å². The number of carbonyl (C=O) groups excluding carboxylic acids is 1. The van der Waals surface area contributed by atoms with E-state index in [1.165, 1.54) is 16.5 Å². The van der Waals surface area contributed by atoms with Crippen molar-refractivity contribution < 1.29 is 15.0 Å². The number of Topliss-reactive ketones (excluding diaryl/α,β-unsaturated/α-hetero) is 1. The van der Waals surface area contributed by atoms with Crippen LogP contribution in [-0.2, 0) is 13.6 Å². The number of ketones is 1. The molecule has 0 saturated heterocycles. The number of nitrogen functional groups attached to an aromatic ring is 1. The van der Waals surface area contributed by atoms with Crippen LogP contribution in [0.2, 0.25) is 0 Å². The second-order valence-electron chi connectivity index (χ2n) is 8.32. The molecule has 0 spiro atoms. The summed E-state index contributed by atoms with van der Waals surface area (Å²) < 4.78 is 2.24. The molecule has 0 radical (unpaired) electrons. The Morgan fingerprint density at radius 3 is 2.27 bits per heavy atom. The highest BCUT2D eigenvalue weighted by Crippen LogP contribution is 2.08. The maximum atomic E-state index is 12.8. The largest absolute Gasteiger partial charge is 0.384 e. The van der Waals surface area contributed by atoms with E-state index >= 15 is 0 Å². The number of nitrogens with zero attached hydrogens (tertiary/aromatic N) is 2. The average Bonchev–Trinajstić information content (AvgIpc) is 2.69. The van der Waals surface area contributed by atoms with Gasteiger partial charge in [0, 0.05) is 7.05 Å². The van der Waals surface area contributed by atoms with Crippen molar-refractivity contribution in [2.75, 3.05) is 25.4 Å². The molecule has 5 N–H and O–H groups in total. The fourth-order valence-electron chi connectivity index (χ4n) is 3.81. The molecular formula is C22H35N5O3+2. The lowest BCUT2D eigenvalue weighted by Crippen LogP contribution is -3.19. The molecule has 0 amide bonds. The maximum absolute atomic E-state index is 12.8. The molecule has 8 heteroatoms. The molecule has 0 atom stereocenters. The molecule has 0 bridgehead atoms. The number of aromatic nitrogens is 2. The van der Waals surface area contributed by atoms with Crippen LogP contribution in [0, 0.1) is 0 Å². The summed E-state index contributed by atoms with van der Waals surface area (Å²) in [6, 6.07) is 10.3. The van der Waals surface area contributed by atoms with Crippen LogP contribution in [0.3, 0.4) is 0 Å². The van der Waals surface area contributed by atoms with Crippen molar-refractivity contribution in [3.05, 3.63) is 62.3 Å². The van der Waals surface area contributed by atoms with Crippen molar-refractivity contribution in [3.8, 4) is 0 Å². The summed E-state index contributed by atoms with van der Waals surface area (Å²) in [7, 11) is 1.37. The van der Waals surface area contributed by atoms with E-state index in [4.69, 9.17) is 5.73 Å². The Morgan fingerprint density at radius 2 is 1.70 bits per heavy atom. The molecule has 30 heavy (non-hydrogen) atoms. The van der Waals surface area contributed by atoms with Gasteiger partial charge in [0.05, 0.1) is 18.6 Å². The van der Waals surface area contributed by atoms with Gasteiger partial charge in [0.15, 0.2) is 0 Å². The number of hydrogen-bond donors (Lipinski definition) is 3. The van der Waals surface area contributed by atoms with Crippen LogP contribution in [-0.4, -0.2) is 46.6 Å². The number of rotatable bonds is 10.